The third-order valence-corrected chi connectivity index (χ3v) is 6.25. The zero-order chi connectivity index (χ0) is 28.1. The maximum Gasteiger partial charge on any atom is 0.183 e. The Bertz CT molecular complexity index is 1630. The molecule has 40 heavy (non-hydrogen) atoms. The van der Waals surface area contributed by atoms with E-state index in [9.17, 15) is 8.78 Å². The Morgan fingerprint density at radius 3 is 2.62 bits per heavy atom. The molecule has 2 N–H and O–H groups in total. The van der Waals surface area contributed by atoms with Gasteiger partial charge in [-0.1, -0.05) is 29.8 Å². The van der Waals surface area contributed by atoms with E-state index >= 15 is 0 Å². The largest absolute Gasteiger partial charge is 0.494 e. The minimum absolute atomic E-state index is 0.0309. The minimum Gasteiger partial charge on any atom is -0.494 e. The Morgan fingerprint density at radius 2 is 1.88 bits per heavy atom. The Balaban J connectivity index is 1.55. The molecule has 0 fully saturated rings. The fourth-order valence-corrected chi connectivity index (χ4v) is 4.24. The van der Waals surface area contributed by atoms with E-state index in [1.165, 1.54) is 17.1 Å². The highest BCUT2D eigenvalue weighted by Crippen LogP contribution is 2.33. The number of benzene rings is 2. The molecule has 0 saturated heterocycles. The number of halogens is 3. The van der Waals surface area contributed by atoms with E-state index in [-0.39, 0.29) is 36.9 Å². The van der Waals surface area contributed by atoms with Crippen LogP contribution in [-0.2, 0) is 6.54 Å². The second-order valence-electron chi connectivity index (χ2n) is 8.63. The van der Waals surface area contributed by atoms with Crippen molar-refractivity contribution in [3.63, 3.8) is 0 Å². The number of anilines is 2. The predicted octanol–water partition coefficient (Wildman–Crippen LogP) is 5.77. The minimum atomic E-state index is -0.731. The summed E-state index contributed by atoms with van der Waals surface area (Å²) in [7, 11) is 0. The van der Waals surface area contributed by atoms with Gasteiger partial charge in [0.1, 0.15) is 23.1 Å². The van der Waals surface area contributed by atoms with Crippen molar-refractivity contribution in [1.82, 2.24) is 24.7 Å². The summed E-state index contributed by atoms with van der Waals surface area (Å²) in [4.78, 5) is 13.1. The molecular weight excluding hydrogens is 542 g/mol. The summed E-state index contributed by atoms with van der Waals surface area (Å²) in [5.41, 5.74) is 1.45. The molecule has 206 valence electrons. The first kappa shape index (κ1) is 27.2. The second-order valence-corrected chi connectivity index (χ2v) is 9.04. The van der Waals surface area contributed by atoms with Crippen molar-refractivity contribution in [1.29, 1.82) is 0 Å². The topological polar surface area (TPSA) is 107 Å². The number of pyridine rings is 1. The van der Waals surface area contributed by atoms with Gasteiger partial charge in [-0.3, -0.25) is 9.67 Å². The Hall–Kier alpha value is -4.35. The van der Waals surface area contributed by atoms with E-state index in [2.05, 4.69) is 25.4 Å². The Kier molecular flexibility index (Phi) is 8.32. The number of nitrogens with zero attached hydrogens (tertiary/aromatic N) is 5. The van der Waals surface area contributed by atoms with Crippen LogP contribution in [0.25, 0.3) is 22.4 Å². The van der Waals surface area contributed by atoms with Crippen molar-refractivity contribution in [2.75, 3.05) is 25.1 Å². The normalized spacial score (nSPS) is 11.1. The molecule has 12 heteroatoms. The summed E-state index contributed by atoms with van der Waals surface area (Å²) in [5, 5.41) is 18.0. The molecule has 0 spiro atoms. The summed E-state index contributed by atoms with van der Waals surface area (Å²) in [5.74, 6) is -0.427. The van der Waals surface area contributed by atoms with E-state index < -0.39 is 11.6 Å². The highest BCUT2D eigenvalue weighted by molar-refractivity contribution is 6.33. The summed E-state index contributed by atoms with van der Waals surface area (Å²) in [6.07, 6.45) is 4.99. The summed E-state index contributed by atoms with van der Waals surface area (Å²) in [6, 6.07) is 11.3. The van der Waals surface area contributed by atoms with Crippen LogP contribution < -0.4 is 14.8 Å². The SMILES string of the molecule is CCOc1cc(F)c(Cn2nc(-c3ncc(OCCCO)c(Nc4ccncc4Cl)n3)c3ccccc32)c(F)c1. The number of aliphatic hydroxyl groups is 1. The van der Waals surface area contributed by atoms with Crippen LogP contribution in [0.5, 0.6) is 11.5 Å². The molecule has 3 aromatic heterocycles. The van der Waals surface area contributed by atoms with Gasteiger partial charge in [0.05, 0.1) is 42.2 Å². The van der Waals surface area contributed by atoms with Crippen LogP contribution in [0.3, 0.4) is 0 Å². The lowest BCUT2D eigenvalue weighted by atomic mass is 10.1. The van der Waals surface area contributed by atoms with Gasteiger partial charge >= 0.3 is 0 Å². The van der Waals surface area contributed by atoms with E-state index in [0.717, 1.165) is 12.1 Å². The molecule has 0 aliphatic heterocycles. The number of aromatic nitrogens is 5. The molecule has 2 aromatic carbocycles. The van der Waals surface area contributed by atoms with Crippen molar-refractivity contribution >= 4 is 34.0 Å². The summed E-state index contributed by atoms with van der Waals surface area (Å²) < 4.78 is 42.3. The van der Waals surface area contributed by atoms with Gasteiger partial charge in [-0.2, -0.15) is 5.10 Å². The number of rotatable bonds is 11. The lowest BCUT2D eigenvalue weighted by Gasteiger charge is -2.13. The number of ether oxygens (including phenoxy) is 2. The quantitative estimate of drug-likeness (QED) is 0.194. The van der Waals surface area contributed by atoms with E-state index in [0.29, 0.717) is 51.9 Å². The van der Waals surface area contributed by atoms with Gasteiger partial charge in [0.25, 0.3) is 0 Å². The van der Waals surface area contributed by atoms with Crippen LogP contribution in [0.4, 0.5) is 20.3 Å². The van der Waals surface area contributed by atoms with Gasteiger partial charge in [0.2, 0.25) is 0 Å². The summed E-state index contributed by atoms with van der Waals surface area (Å²) in [6.45, 7) is 2.08. The summed E-state index contributed by atoms with van der Waals surface area (Å²) >= 11 is 6.29. The van der Waals surface area contributed by atoms with Gasteiger partial charge in [-0.25, -0.2) is 18.7 Å². The molecule has 3 heterocycles. The zero-order valence-corrected chi connectivity index (χ0v) is 22.2. The highest BCUT2D eigenvalue weighted by Gasteiger charge is 2.20. The third kappa shape index (κ3) is 5.80. The van der Waals surface area contributed by atoms with Gasteiger partial charge in [-0.05, 0) is 19.1 Å². The number of nitrogens with one attached hydrogen (secondary N) is 1. The van der Waals surface area contributed by atoms with Crippen LogP contribution in [-0.4, -0.2) is 49.7 Å². The van der Waals surface area contributed by atoms with Gasteiger partial charge in [0, 0.05) is 48.5 Å². The molecule has 5 rings (SSSR count). The van der Waals surface area contributed by atoms with Crippen molar-refractivity contribution in [2.45, 2.75) is 19.9 Å². The number of hydrogen-bond donors (Lipinski definition) is 2. The van der Waals surface area contributed by atoms with Gasteiger partial charge in [-0.15, -0.1) is 0 Å². The number of para-hydroxylation sites is 1. The van der Waals surface area contributed by atoms with Crippen LogP contribution >= 0.6 is 11.6 Å². The molecule has 0 aliphatic carbocycles. The monoisotopic (exact) mass is 566 g/mol. The maximum absolute atomic E-state index is 14.9. The lowest BCUT2D eigenvalue weighted by Crippen LogP contribution is -2.08. The average Bonchev–Trinajstić information content (AvgIpc) is 3.31. The van der Waals surface area contributed by atoms with Crippen LogP contribution in [0.15, 0.2) is 61.1 Å². The number of hydrogen-bond acceptors (Lipinski definition) is 8. The van der Waals surface area contributed by atoms with E-state index in [1.807, 2.05) is 18.2 Å². The lowest BCUT2D eigenvalue weighted by molar-refractivity contribution is 0.233. The first-order valence-corrected chi connectivity index (χ1v) is 12.9. The average molecular weight is 567 g/mol. The van der Waals surface area contributed by atoms with Crippen molar-refractivity contribution < 1.29 is 23.4 Å². The van der Waals surface area contributed by atoms with Crippen LogP contribution in [0.1, 0.15) is 18.9 Å². The zero-order valence-electron chi connectivity index (χ0n) is 21.4. The Morgan fingerprint density at radius 1 is 1.07 bits per heavy atom. The fourth-order valence-electron chi connectivity index (χ4n) is 4.07. The molecule has 0 aliphatic rings. The van der Waals surface area contributed by atoms with Crippen LogP contribution in [0.2, 0.25) is 5.02 Å². The molecule has 0 radical (unpaired) electrons. The first-order valence-electron chi connectivity index (χ1n) is 12.5. The standard InChI is InChI=1S/C28H25ClF2N6O3/c1-2-39-17-12-21(30)19(22(31)13-17)16-37-24-7-4-3-6-18(24)26(36-37)28-33-15-25(40-11-5-10-38)27(35-28)34-23-8-9-32-14-20(23)29/h3-4,6-9,12-15,38H,2,5,10-11,16H2,1H3,(H,32,33,34,35). The molecule has 0 saturated carbocycles. The molecule has 5 aromatic rings. The molecule has 0 atom stereocenters. The maximum atomic E-state index is 14.9. The van der Waals surface area contributed by atoms with Crippen molar-refractivity contribution in [3.8, 4) is 23.0 Å². The molecular formula is C28H25ClF2N6O3. The molecule has 0 bridgehead atoms. The molecule has 0 unspecified atom stereocenters. The highest BCUT2D eigenvalue weighted by atomic mass is 35.5. The second kappa shape index (κ2) is 12.2. The predicted molar refractivity (Wildman–Crippen MR) is 147 cm³/mol. The van der Waals surface area contributed by atoms with Crippen molar-refractivity contribution in [2.24, 2.45) is 0 Å². The molecule has 9 nitrogen and oxygen atoms in total. The smallest absolute Gasteiger partial charge is 0.183 e. The first-order chi connectivity index (χ1) is 19.5. The fraction of sp³-hybridized carbons (Fsp3) is 0.214. The van der Waals surface area contributed by atoms with Crippen molar-refractivity contribution in [3.05, 3.63) is 83.3 Å². The number of fused-ring (bicyclic) bond motifs is 1. The number of aliphatic hydroxyl groups excluding tert-OH is 1. The van der Waals surface area contributed by atoms with Gasteiger partial charge in [0.15, 0.2) is 17.4 Å². The van der Waals surface area contributed by atoms with Crippen LogP contribution in [0, 0.1) is 11.6 Å². The van der Waals surface area contributed by atoms with E-state index in [4.69, 9.17) is 26.2 Å². The third-order valence-electron chi connectivity index (χ3n) is 5.94. The van der Waals surface area contributed by atoms with E-state index in [1.54, 1.807) is 25.3 Å². The Labute approximate surface area is 233 Å². The van der Waals surface area contributed by atoms with Gasteiger partial charge < -0.3 is 19.9 Å². The molecule has 0 amide bonds.